The molecular weight excluding hydrogens is 214 g/mol. The highest BCUT2D eigenvalue weighted by Gasteiger charge is 1.97. The van der Waals surface area contributed by atoms with Crippen molar-refractivity contribution >= 4 is 11.6 Å². The molecule has 17 heavy (non-hydrogen) atoms. The van der Waals surface area contributed by atoms with Gasteiger partial charge in [-0.3, -0.25) is 4.79 Å². The Bertz CT molecular complexity index is 368. The first-order chi connectivity index (χ1) is 8.26. The molecule has 1 aromatic rings. The fourth-order valence-electron chi connectivity index (χ4n) is 1.37. The molecule has 3 heteroatoms. The second-order valence-electron chi connectivity index (χ2n) is 3.76. The van der Waals surface area contributed by atoms with Crippen LogP contribution < -0.4 is 10.1 Å². The van der Waals surface area contributed by atoms with Gasteiger partial charge in [-0.25, -0.2) is 0 Å². The van der Waals surface area contributed by atoms with Gasteiger partial charge in [0.15, 0.2) is 0 Å². The maximum absolute atomic E-state index is 11.5. The number of allylic oxidation sites excluding steroid dienone is 1. The van der Waals surface area contributed by atoms with Crippen molar-refractivity contribution in [3.05, 3.63) is 36.4 Å². The summed E-state index contributed by atoms with van der Waals surface area (Å²) in [6, 6.07) is 7.26. The van der Waals surface area contributed by atoms with Gasteiger partial charge in [-0.15, -0.1) is 0 Å². The molecule has 92 valence electrons. The molecule has 1 aromatic carbocycles. The van der Waals surface area contributed by atoms with E-state index in [1.807, 2.05) is 30.3 Å². The van der Waals surface area contributed by atoms with Gasteiger partial charge in [0.1, 0.15) is 5.75 Å². The third-order valence-electron chi connectivity index (χ3n) is 2.35. The van der Waals surface area contributed by atoms with Gasteiger partial charge < -0.3 is 10.1 Å². The molecule has 0 unspecified atom stereocenters. The third kappa shape index (κ3) is 5.20. The van der Waals surface area contributed by atoms with E-state index >= 15 is 0 Å². The SMILES string of the molecule is CCCCC=CC(=O)Nc1ccc(OC)cc1. The van der Waals surface area contributed by atoms with E-state index in [2.05, 4.69) is 12.2 Å². The standard InChI is InChI=1S/C14H19NO2/c1-3-4-5-6-7-14(16)15-12-8-10-13(17-2)11-9-12/h6-11H,3-5H2,1-2H3,(H,15,16). The molecule has 1 amide bonds. The minimum absolute atomic E-state index is 0.0914. The fourth-order valence-corrected chi connectivity index (χ4v) is 1.37. The van der Waals surface area contributed by atoms with Crippen molar-refractivity contribution in [1.82, 2.24) is 0 Å². The zero-order chi connectivity index (χ0) is 12.5. The number of anilines is 1. The van der Waals surface area contributed by atoms with Gasteiger partial charge in [0.05, 0.1) is 7.11 Å². The Morgan fingerprint density at radius 3 is 2.65 bits per heavy atom. The second kappa shape index (κ2) is 7.49. The van der Waals surface area contributed by atoms with E-state index in [0.717, 1.165) is 30.7 Å². The zero-order valence-corrected chi connectivity index (χ0v) is 10.4. The molecule has 0 aliphatic rings. The van der Waals surface area contributed by atoms with Crippen LogP contribution in [-0.4, -0.2) is 13.0 Å². The highest BCUT2D eigenvalue weighted by molar-refractivity contribution is 5.99. The summed E-state index contributed by atoms with van der Waals surface area (Å²) >= 11 is 0. The van der Waals surface area contributed by atoms with Crippen LogP contribution in [0.5, 0.6) is 5.75 Å². The Morgan fingerprint density at radius 2 is 2.06 bits per heavy atom. The molecule has 0 saturated heterocycles. The van der Waals surface area contributed by atoms with Crippen molar-refractivity contribution in [3.63, 3.8) is 0 Å². The van der Waals surface area contributed by atoms with E-state index in [0.29, 0.717) is 0 Å². The molecule has 0 spiro atoms. The monoisotopic (exact) mass is 233 g/mol. The van der Waals surface area contributed by atoms with E-state index in [1.165, 1.54) is 0 Å². The zero-order valence-electron chi connectivity index (χ0n) is 10.4. The molecule has 0 heterocycles. The second-order valence-corrected chi connectivity index (χ2v) is 3.76. The topological polar surface area (TPSA) is 38.3 Å². The first kappa shape index (κ1) is 13.3. The van der Waals surface area contributed by atoms with Gasteiger partial charge in [-0.1, -0.05) is 25.8 Å². The number of hydrogen-bond acceptors (Lipinski definition) is 2. The van der Waals surface area contributed by atoms with E-state index in [9.17, 15) is 4.79 Å². The van der Waals surface area contributed by atoms with Gasteiger partial charge in [-0.2, -0.15) is 0 Å². The fraction of sp³-hybridized carbons (Fsp3) is 0.357. The van der Waals surface area contributed by atoms with Crippen molar-refractivity contribution in [2.75, 3.05) is 12.4 Å². The lowest BCUT2D eigenvalue weighted by Crippen LogP contribution is -2.07. The minimum atomic E-state index is -0.0914. The van der Waals surface area contributed by atoms with Crippen molar-refractivity contribution in [2.45, 2.75) is 26.2 Å². The summed E-state index contributed by atoms with van der Waals surface area (Å²) in [5.41, 5.74) is 0.774. The van der Waals surface area contributed by atoms with E-state index in [-0.39, 0.29) is 5.91 Å². The van der Waals surface area contributed by atoms with Crippen LogP contribution in [0.2, 0.25) is 0 Å². The predicted octanol–water partition coefficient (Wildman–Crippen LogP) is 3.38. The van der Waals surface area contributed by atoms with Crippen molar-refractivity contribution < 1.29 is 9.53 Å². The normalized spacial score (nSPS) is 10.5. The summed E-state index contributed by atoms with van der Waals surface area (Å²) in [6.45, 7) is 2.13. The van der Waals surface area contributed by atoms with Crippen LogP contribution in [0, 0.1) is 0 Å². The van der Waals surface area contributed by atoms with E-state index < -0.39 is 0 Å². The van der Waals surface area contributed by atoms with Crippen LogP contribution in [-0.2, 0) is 4.79 Å². The van der Waals surface area contributed by atoms with Crippen molar-refractivity contribution in [2.24, 2.45) is 0 Å². The van der Waals surface area contributed by atoms with Crippen LogP contribution in [0.1, 0.15) is 26.2 Å². The lowest BCUT2D eigenvalue weighted by atomic mass is 10.2. The molecule has 0 aliphatic carbocycles. The van der Waals surface area contributed by atoms with E-state index in [4.69, 9.17) is 4.74 Å². The van der Waals surface area contributed by atoms with Crippen LogP contribution in [0.15, 0.2) is 36.4 Å². The maximum Gasteiger partial charge on any atom is 0.248 e. The van der Waals surface area contributed by atoms with Crippen LogP contribution in [0.4, 0.5) is 5.69 Å². The first-order valence-corrected chi connectivity index (χ1v) is 5.88. The number of amides is 1. The largest absolute Gasteiger partial charge is 0.497 e. The summed E-state index contributed by atoms with van der Waals surface area (Å²) in [6.07, 6.45) is 6.70. The number of carbonyl (C=O) groups excluding carboxylic acids is 1. The van der Waals surface area contributed by atoms with E-state index in [1.54, 1.807) is 13.2 Å². The lowest BCUT2D eigenvalue weighted by Gasteiger charge is -2.03. The Balaban J connectivity index is 2.42. The highest BCUT2D eigenvalue weighted by atomic mass is 16.5. The summed E-state index contributed by atoms with van der Waals surface area (Å²) < 4.78 is 5.04. The predicted molar refractivity (Wildman–Crippen MR) is 70.3 cm³/mol. The molecule has 0 saturated carbocycles. The minimum Gasteiger partial charge on any atom is -0.497 e. The van der Waals surface area contributed by atoms with Gasteiger partial charge in [-0.05, 0) is 36.8 Å². The van der Waals surface area contributed by atoms with Gasteiger partial charge >= 0.3 is 0 Å². The first-order valence-electron chi connectivity index (χ1n) is 5.88. The quantitative estimate of drug-likeness (QED) is 0.604. The number of rotatable bonds is 6. The lowest BCUT2D eigenvalue weighted by molar-refractivity contribution is -0.111. The summed E-state index contributed by atoms with van der Waals surface area (Å²) in [5, 5.41) is 2.79. The molecule has 0 radical (unpaired) electrons. The van der Waals surface area contributed by atoms with Gasteiger partial charge in [0.25, 0.3) is 0 Å². The number of carbonyl (C=O) groups is 1. The maximum atomic E-state index is 11.5. The van der Waals surface area contributed by atoms with Gasteiger partial charge in [0.2, 0.25) is 5.91 Å². The summed E-state index contributed by atoms with van der Waals surface area (Å²) in [5.74, 6) is 0.688. The third-order valence-corrected chi connectivity index (χ3v) is 2.35. The smallest absolute Gasteiger partial charge is 0.248 e. The number of methoxy groups -OCH3 is 1. The highest BCUT2D eigenvalue weighted by Crippen LogP contribution is 2.14. The summed E-state index contributed by atoms with van der Waals surface area (Å²) in [4.78, 5) is 11.5. The number of hydrogen-bond donors (Lipinski definition) is 1. The Hall–Kier alpha value is -1.77. The average molecular weight is 233 g/mol. The Kier molecular flexibility index (Phi) is 5.86. The molecule has 0 atom stereocenters. The number of benzene rings is 1. The Morgan fingerprint density at radius 1 is 1.35 bits per heavy atom. The summed E-state index contributed by atoms with van der Waals surface area (Å²) in [7, 11) is 1.62. The van der Waals surface area contributed by atoms with Crippen molar-refractivity contribution in [3.8, 4) is 5.75 Å². The molecular formula is C14H19NO2. The molecule has 0 aliphatic heterocycles. The number of ether oxygens (including phenoxy) is 1. The van der Waals surface area contributed by atoms with Crippen molar-refractivity contribution in [1.29, 1.82) is 0 Å². The number of unbranched alkanes of at least 4 members (excludes halogenated alkanes) is 2. The molecule has 1 N–H and O–H groups in total. The average Bonchev–Trinajstić information content (AvgIpc) is 2.36. The van der Waals surface area contributed by atoms with Crippen LogP contribution >= 0.6 is 0 Å². The molecule has 0 aromatic heterocycles. The van der Waals surface area contributed by atoms with Crippen LogP contribution in [0.3, 0.4) is 0 Å². The van der Waals surface area contributed by atoms with Crippen LogP contribution in [0.25, 0.3) is 0 Å². The van der Waals surface area contributed by atoms with Gasteiger partial charge in [0, 0.05) is 5.69 Å². The number of nitrogens with one attached hydrogen (secondary N) is 1. The molecule has 3 nitrogen and oxygen atoms in total. The Labute approximate surface area is 102 Å². The molecule has 0 bridgehead atoms. The molecule has 1 rings (SSSR count). The molecule has 0 fully saturated rings.